The van der Waals surface area contributed by atoms with Crippen LogP contribution in [0.15, 0.2) is 35.0 Å². The number of nitrogens with one attached hydrogen (secondary N) is 1. The molecular weight excluding hydrogens is 430 g/mol. The van der Waals surface area contributed by atoms with Crippen LogP contribution in [-0.4, -0.2) is 33.5 Å². The summed E-state index contributed by atoms with van der Waals surface area (Å²) in [6.07, 6.45) is 7.63. The summed E-state index contributed by atoms with van der Waals surface area (Å²) in [6.45, 7) is 2.15. The Bertz CT molecular complexity index is 1070. The molecule has 8 nitrogen and oxygen atoms in total. The molecule has 1 atom stereocenters. The maximum absolute atomic E-state index is 12.5. The number of rotatable bonds is 7. The minimum atomic E-state index is -0.364. The SMILES string of the molecule is Cc1cc(C(=O)Nc2ccc(OC[C@@H](N)C3CCCCC3)c(-c3c(Cl)cnn3C)c2)no1. The lowest BCUT2D eigenvalue weighted by Crippen LogP contribution is -2.37. The molecule has 0 aliphatic heterocycles. The average Bonchev–Trinajstić information content (AvgIpc) is 3.38. The molecule has 3 N–H and O–H groups in total. The number of hydrogen-bond acceptors (Lipinski definition) is 6. The molecule has 4 rings (SSSR count). The summed E-state index contributed by atoms with van der Waals surface area (Å²) in [5.74, 6) is 1.32. The molecule has 0 radical (unpaired) electrons. The number of aromatic nitrogens is 3. The maximum atomic E-state index is 12.5. The lowest BCUT2D eigenvalue weighted by Gasteiger charge is -2.27. The Balaban J connectivity index is 1.57. The third kappa shape index (κ3) is 4.97. The average molecular weight is 458 g/mol. The summed E-state index contributed by atoms with van der Waals surface area (Å²) in [6, 6.07) is 6.96. The predicted molar refractivity (Wildman–Crippen MR) is 123 cm³/mol. The van der Waals surface area contributed by atoms with Crippen LogP contribution < -0.4 is 15.8 Å². The number of nitrogens with two attached hydrogens (primary N) is 1. The van der Waals surface area contributed by atoms with Crippen molar-refractivity contribution in [1.82, 2.24) is 14.9 Å². The molecule has 0 spiro atoms. The molecule has 1 aliphatic rings. The highest BCUT2D eigenvalue weighted by Crippen LogP contribution is 2.37. The van der Waals surface area contributed by atoms with Gasteiger partial charge in [0.2, 0.25) is 0 Å². The van der Waals surface area contributed by atoms with Gasteiger partial charge in [0.15, 0.2) is 5.69 Å². The van der Waals surface area contributed by atoms with E-state index in [0.717, 1.165) is 18.4 Å². The Morgan fingerprint density at radius 2 is 2.12 bits per heavy atom. The van der Waals surface area contributed by atoms with E-state index in [9.17, 15) is 4.79 Å². The van der Waals surface area contributed by atoms with E-state index in [0.29, 0.717) is 40.4 Å². The largest absolute Gasteiger partial charge is 0.491 e. The number of benzene rings is 1. The van der Waals surface area contributed by atoms with Crippen LogP contribution in [0.2, 0.25) is 5.02 Å². The van der Waals surface area contributed by atoms with Gasteiger partial charge in [0.05, 0.1) is 16.9 Å². The molecule has 1 fully saturated rings. The van der Waals surface area contributed by atoms with Gasteiger partial charge in [-0.3, -0.25) is 9.48 Å². The monoisotopic (exact) mass is 457 g/mol. The first-order valence-corrected chi connectivity index (χ1v) is 11.2. The lowest BCUT2D eigenvalue weighted by molar-refractivity contribution is 0.101. The molecule has 9 heteroatoms. The summed E-state index contributed by atoms with van der Waals surface area (Å²) < 4.78 is 12.8. The smallest absolute Gasteiger partial charge is 0.277 e. The van der Waals surface area contributed by atoms with Gasteiger partial charge in [-0.2, -0.15) is 5.10 Å². The van der Waals surface area contributed by atoms with Gasteiger partial charge in [0.25, 0.3) is 5.91 Å². The van der Waals surface area contributed by atoms with E-state index in [1.807, 2.05) is 19.2 Å². The number of anilines is 1. The maximum Gasteiger partial charge on any atom is 0.277 e. The van der Waals surface area contributed by atoms with Gasteiger partial charge in [-0.1, -0.05) is 36.0 Å². The van der Waals surface area contributed by atoms with Crippen LogP contribution in [0.4, 0.5) is 5.69 Å². The van der Waals surface area contributed by atoms with Crippen molar-refractivity contribution in [1.29, 1.82) is 0 Å². The fraction of sp³-hybridized carbons (Fsp3) is 0.435. The summed E-state index contributed by atoms with van der Waals surface area (Å²) in [5.41, 5.74) is 8.65. The zero-order valence-corrected chi connectivity index (χ0v) is 19.1. The second-order valence-electron chi connectivity index (χ2n) is 8.33. The highest BCUT2D eigenvalue weighted by atomic mass is 35.5. The topological polar surface area (TPSA) is 108 Å². The second kappa shape index (κ2) is 9.75. The molecule has 1 aromatic carbocycles. The van der Waals surface area contributed by atoms with Gasteiger partial charge in [0, 0.05) is 30.4 Å². The minimum absolute atomic E-state index is 0.0278. The molecule has 0 unspecified atom stereocenters. The summed E-state index contributed by atoms with van der Waals surface area (Å²) in [7, 11) is 1.81. The number of ether oxygens (including phenoxy) is 1. The van der Waals surface area contributed by atoms with E-state index in [4.69, 9.17) is 26.6 Å². The number of carbonyl (C=O) groups excluding carboxylic acids is 1. The van der Waals surface area contributed by atoms with Crippen molar-refractivity contribution in [2.45, 2.75) is 45.1 Å². The standard InChI is InChI=1S/C23H28ClN5O3/c1-14-10-20(28-32-14)23(30)27-16-8-9-21(17(11-16)22-18(24)12-26-29(22)2)31-13-19(25)15-6-4-3-5-7-15/h8-12,15,19H,3-7,13,25H2,1-2H3,(H,27,30)/t19-/m1/s1. The van der Waals surface area contributed by atoms with Crippen molar-refractivity contribution in [2.24, 2.45) is 18.7 Å². The first kappa shape index (κ1) is 22.4. The molecule has 1 saturated carbocycles. The minimum Gasteiger partial charge on any atom is -0.491 e. The number of amides is 1. The number of aryl methyl sites for hydroxylation is 2. The Hall–Kier alpha value is -2.84. The second-order valence-corrected chi connectivity index (χ2v) is 8.73. The molecular formula is C23H28ClN5O3. The van der Waals surface area contributed by atoms with Gasteiger partial charge < -0.3 is 20.3 Å². The zero-order valence-electron chi connectivity index (χ0n) is 18.3. The van der Waals surface area contributed by atoms with E-state index in [2.05, 4.69) is 15.6 Å². The molecule has 170 valence electrons. The van der Waals surface area contributed by atoms with Crippen molar-refractivity contribution < 1.29 is 14.1 Å². The van der Waals surface area contributed by atoms with Gasteiger partial charge in [-0.15, -0.1) is 0 Å². The van der Waals surface area contributed by atoms with E-state index in [1.165, 1.54) is 19.3 Å². The number of hydrogen-bond donors (Lipinski definition) is 2. The van der Waals surface area contributed by atoms with Gasteiger partial charge in [0.1, 0.15) is 18.1 Å². The van der Waals surface area contributed by atoms with Crippen LogP contribution >= 0.6 is 11.6 Å². The van der Waals surface area contributed by atoms with Crippen molar-refractivity contribution in [3.63, 3.8) is 0 Å². The van der Waals surface area contributed by atoms with Crippen LogP contribution in [0.25, 0.3) is 11.3 Å². The van der Waals surface area contributed by atoms with Crippen LogP contribution in [0.1, 0.15) is 48.4 Å². The van der Waals surface area contributed by atoms with E-state index in [1.54, 1.807) is 29.9 Å². The first-order valence-electron chi connectivity index (χ1n) is 10.9. The Labute approximate surface area is 192 Å². The zero-order chi connectivity index (χ0) is 22.7. The van der Waals surface area contributed by atoms with Gasteiger partial charge in [-0.05, 0) is 43.9 Å². The predicted octanol–water partition coefficient (Wildman–Crippen LogP) is 4.58. The lowest BCUT2D eigenvalue weighted by atomic mass is 9.84. The van der Waals surface area contributed by atoms with E-state index in [-0.39, 0.29) is 17.6 Å². The third-order valence-electron chi connectivity index (χ3n) is 5.93. The quantitative estimate of drug-likeness (QED) is 0.537. The fourth-order valence-corrected chi connectivity index (χ4v) is 4.45. The molecule has 1 amide bonds. The number of carbonyl (C=O) groups is 1. The molecule has 0 bridgehead atoms. The molecule has 1 aliphatic carbocycles. The fourth-order valence-electron chi connectivity index (χ4n) is 4.19. The van der Waals surface area contributed by atoms with Crippen LogP contribution in [0.5, 0.6) is 5.75 Å². The Kier molecular flexibility index (Phi) is 6.81. The van der Waals surface area contributed by atoms with Crippen molar-refractivity contribution in [2.75, 3.05) is 11.9 Å². The van der Waals surface area contributed by atoms with Crippen molar-refractivity contribution in [3.05, 3.63) is 46.9 Å². The molecule has 0 saturated heterocycles. The van der Waals surface area contributed by atoms with Gasteiger partial charge >= 0.3 is 0 Å². The third-order valence-corrected chi connectivity index (χ3v) is 6.21. The van der Waals surface area contributed by atoms with Crippen LogP contribution in [0, 0.1) is 12.8 Å². The highest BCUT2D eigenvalue weighted by molar-refractivity contribution is 6.33. The Morgan fingerprint density at radius 3 is 2.78 bits per heavy atom. The van der Waals surface area contributed by atoms with Crippen LogP contribution in [0.3, 0.4) is 0 Å². The Morgan fingerprint density at radius 1 is 1.34 bits per heavy atom. The van der Waals surface area contributed by atoms with Crippen molar-refractivity contribution in [3.8, 4) is 17.0 Å². The highest BCUT2D eigenvalue weighted by Gasteiger charge is 2.23. The number of nitrogens with zero attached hydrogens (tertiary/aromatic N) is 3. The van der Waals surface area contributed by atoms with Crippen molar-refractivity contribution >= 4 is 23.2 Å². The number of halogens is 1. The van der Waals surface area contributed by atoms with E-state index < -0.39 is 0 Å². The first-order chi connectivity index (χ1) is 15.4. The molecule has 2 heterocycles. The molecule has 32 heavy (non-hydrogen) atoms. The summed E-state index contributed by atoms with van der Waals surface area (Å²) in [4.78, 5) is 12.5. The summed E-state index contributed by atoms with van der Waals surface area (Å²) >= 11 is 6.42. The normalized spacial score (nSPS) is 15.5. The van der Waals surface area contributed by atoms with Crippen LogP contribution in [-0.2, 0) is 7.05 Å². The molecule has 3 aromatic rings. The molecule has 2 aromatic heterocycles. The van der Waals surface area contributed by atoms with Gasteiger partial charge in [-0.25, -0.2) is 0 Å². The van der Waals surface area contributed by atoms with E-state index >= 15 is 0 Å². The summed E-state index contributed by atoms with van der Waals surface area (Å²) in [5, 5.41) is 11.3.